The van der Waals surface area contributed by atoms with Gasteiger partial charge in [-0.2, -0.15) is 0 Å². The van der Waals surface area contributed by atoms with Crippen LogP contribution in [0.5, 0.6) is 0 Å². The van der Waals surface area contributed by atoms with E-state index in [1.54, 1.807) is 6.07 Å². The molecule has 1 saturated heterocycles. The van der Waals surface area contributed by atoms with Gasteiger partial charge in [0.25, 0.3) is 5.91 Å². The third-order valence-electron chi connectivity index (χ3n) is 3.18. The Bertz CT molecular complexity index is 652. The number of nitrogen functional groups attached to an aromatic ring is 1. The van der Waals surface area contributed by atoms with E-state index in [0.29, 0.717) is 41.9 Å². The Kier molecular flexibility index (Phi) is 3.80. The topological polar surface area (TPSA) is 67.6 Å². The van der Waals surface area contributed by atoms with Gasteiger partial charge < -0.3 is 10.5 Å². The van der Waals surface area contributed by atoms with Crippen LogP contribution in [0.15, 0.2) is 18.2 Å². The van der Waals surface area contributed by atoms with E-state index < -0.39 is 0 Å². The molecule has 3 N–H and O–H groups in total. The molecule has 1 fully saturated rings. The van der Waals surface area contributed by atoms with Crippen molar-refractivity contribution in [3.05, 3.63) is 28.1 Å². The molecule has 1 amide bonds. The van der Waals surface area contributed by atoms with E-state index in [0.717, 1.165) is 10.1 Å². The number of rotatable bonds is 2. The first kappa shape index (κ1) is 13.6. The zero-order chi connectivity index (χ0) is 14.1. The van der Waals surface area contributed by atoms with Crippen LogP contribution >= 0.6 is 22.9 Å². The van der Waals surface area contributed by atoms with Crippen LogP contribution in [-0.2, 0) is 4.74 Å². The molecule has 5 nitrogen and oxygen atoms in total. The van der Waals surface area contributed by atoms with Crippen LogP contribution in [0.2, 0.25) is 5.02 Å². The van der Waals surface area contributed by atoms with Gasteiger partial charge in [0, 0.05) is 23.2 Å². The molecule has 7 heteroatoms. The Morgan fingerprint density at radius 3 is 2.85 bits per heavy atom. The first-order chi connectivity index (χ1) is 9.66. The second kappa shape index (κ2) is 5.57. The van der Waals surface area contributed by atoms with Crippen LogP contribution in [0.4, 0.5) is 5.69 Å². The first-order valence-electron chi connectivity index (χ1n) is 6.27. The lowest BCUT2D eigenvalue weighted by Crippen LogP contribution is -2.48. The summed E-state index contributed by atoms with van der Waals surface area (Å²) in [4.78, 5) is 12.8. The number of hydrogen-bond donors (Lipinski definition) is 2. The van der Waals surface area contributed by atoms with E-state index in [-0.39, 0.29) is 5.91 Å². The minimum Gasteiger partial charge on any atom is -0.397 e. The highest BCUT2D eigenvalue weighted by molar-refractivity contribution is 7.21. The van der Waals surface area contributed by atoms with Crippen LogP contribution in [0.3, 0.4) is 0 Å². The van der Waals surface area contributed by atoms with Crippen molar-refractivity contribution in [2.75, 3.05) is 32.0 Å². The zero-order valence-electron chi connectivity index (χ0n) is 10.7. The van der Waals surface area contributed by atoms with Crippen molar-refractivity contribution in [2.24, 2.45) is 0 Å². The summed E-state index contributed by atoms with van der Waals surface area (Å²) in [5.74, 6) is -0.193. The normalized spacial score (nSPS) is 16.4. The third-order valence-corrected chi connectivity index (χ3v) is 4.66. The lowest BCUT2D eigenvalue weighted by molar-refractivity contribution is 0.0128. The summed E-state index contributed by atoms with van der Waals surface area (Å²) in [7, 11) is 0. The van der Waals surface area contributed by atoms with Gasteiger partial charge >= 0.3 is 0 Å². The summed E-state index contributed by atoms with van der Waals surface area (Å²) in [5, 5.41) is 3.17. The second-order valence-corrected chi connectivity index (χ2v) is 5.96. The summed E-state index contributed by atoms with van der Waals surface area (Å²) >= 11 is 7.50. The lowest BCUT2D eigenvalue weighted by atomic mass is 10.2. The first-order valence-corrected chi connectivity index (χ1v) is 7.46. The van der Waals surface area contributed by atoms with E-state index in [1.165, 1.54) is 11.3 Å². The number of nitrogens with zero attached hydrogens (tertiary/aromatic N) is 1. The summed E-state index contributed by atoms with van der Waals surface area (Å²) in [5.41, 5.74) is 9.37. The van der Waals surface area contributed by atoms with Gasteiger partial charge in [0.2, 0.25) is 0 Å². The van der Waals surface area contributed by atoms with Gasteiger partial charge in [-0.1, -0.05) is 17.7 Å². The lowest BCUT2D eigenvalue weighted by Gasteiger charge is -2.26. The van der Waals surface area contributed by atoms with E-state index in [4.69, 9.17) is 22.1 Å². The summed E-state index contributed by atoms with van der Waals surface area (Å²) in [6, 6.07) is 5.54. The van der Waals surface area contributed by atoms with Gasteiger partial charge in [-0.3, -0.25) is 10.2 Å². The highest BCUT2D eigenvalue weighted by atomic mass is 35.5. The van der Waals surface area contributed by atoms with E-state index in [9.17, 15) is 4.79 Å². The fourth-order valence-electron chi connectivity index (χ4n) is 2.17. The molecule has 20 heavy (non-hydrogen) atoms. The molecule has 0 atom stereocenters. The Hall–Kier alpha value is -1.34. The summed E-state index contributed by atoms with van der Waals surface area (Å²) < 4.78 is 6.16. The molecule has 3 rings (SSSR count). The maximum absolute atomic E-state index is 12.3. The number of carbonyl (C=O) groups excluding carboxylic acids is 1. The molecule has 1 aromatic carbocycles. The van der Waals surface area contributed by atoms with E-state index in [1.807, 2.05) is 17.1 Å². The second-order valence-electron chi connectivity index (χ2n) is 4.50. The number of anilines is 1. The highest BCUT2D eigenvalue weighted by Gasteiger charge is 2.20. The predicted molar refractivity (Wildman–Crippen MR) is 81.1 cm³/mol. The van der Waals surface area contributed by atoms with Gasteiger partial charge in [-0.15, -0.1) is 11.3 Å². The number of halogens is 1. The predicted octanol–water partition coefficient (Wildman–Crippen LogP) is 2.11. The van der Waals surface area contributed by atoms with Gasteiger partial charge in [0.15, 0.2) is 0 Å². The van der Waals surface area contributed by atoms with Crippen LogP contribution in [0.1, 0.15) is 9.67 Å². The van der Waals surface area contributed by atoms with Crippen molar-refractivity contribution >= 4 is 44.6 Å². The molecule has 0 unspecified atom stereocenters. The number of fused-ring (bicyclic) bond motifs is 1. The van der Waals surface area contributed by atoms with E-state index >= 15 is 0 Å². The SMILES string of the molecule is Nc1c(C(=O)NN2CCOCC2)sc2cccc(Cl)c12. The number of nitrogens with two attached hydrogens (primary N) is 1. The van der Waals surface area contributed by atoms with Gasteiger partial charge in [0.1, 0.15) is 4.88 Å². The third kappa shape index (κ3) is 2.47. The number of nitrogens with one attached hydrogen (secondary N) is 1. The fourth-order valence-corrected chi connectivity index (χ4v) is 3.54. The van der Waals surface area contributed by atoms with Crippen molar-refractivity contribution in [2.45, 2.75) is 0 Å². The number of ether oxygens (including phenoxy) is 1. The largest absolute Gasteiger partial charge is 0.397 e. The van der Waals surface area contributed by atoms with Crippen molar-refractivity contribution in [3.63, 3.8) is 0 Å². The molecule has 0 spiro atoms. The molecule has 0 saturated carbocycles. The quantitative estimate of drug-likeness (QED) is 0.891. The Balaban J connectivity index is 1.87. The van der Waals surface area contributed by atoms with Crippen LogP contribution in [0.25, 0.3) is 10.1 Å². The minimum atomic E-state index is -0.193. The van der Waals surface area contributed by atoms with E-state index in [2.05, 4.69) is 5.43 Å². The monoisotopic (exact) mass is 311 g/mol. The molecule has 106 valence electrons. The Morgan fingerprint density at radius 2 is 2.15 bits per heavy atom. The standard InChI is InChI=1S/C13H14ClN3O2S/c14-8-2-1-3-9-10(8)11(15)12(20-9)13(18)16-17-4-6-19-7-5-17/h1-3H,4-7,15H2,(H,16,18). The average molecular weight is 312 g/mol. The number of thiophene rings is 1. The van der Waals surface area contributed by atoms with Crippen LogP contribution in [-0.4, -0.2) is 37.2 Å². The van der Waals surface area contributed by atoms with Crippen molar-refractivity contribution in [1.29, 1.82) is 0 Å². The smallest absolute Gasteiger partial charge is 0.277 e. The number of morpholine rings is 1. The maximum Gasteiger partial charge on any atom is 0.277 e. The Morgan fingerprint density at radius 1 is 1.40 bits per heavy atom. The molecule has 0 aliphatic carbocycles. The van der Waals surface area contributed by atoms with Gasteiger partial charge in [-0.25, -0.2) is 5.01 Å². The molecule has 2 heterocycles. The Labute approximate surface area is 125 Å². The average Bonchev–Trinajstić information content (AvgIpc) is 2.79. The molecule has 1 aliphatic heterocycles. The number of hydrazine groups is 1. The van der Waals surface area contributed by atoms with Crippen LogP contribution < -0.4 is 11.2 Å². The molecule has 1 aliphatic rings. The number of benzene rings is 1. The number of amides is 1. The van der Waals surface area contributed by atoms with Gasteiger partial charge in [-0.05, 0) is 12.1 Å². The molecular formula is C13H14ClN3O2S. The molecule has 0 bridgehead atoms. The highest BCUT2D eigenvalue weighted by Crippen LogP contribution is 2.37. The number of hydrogen-bond acceptors (Lipinski definition) is 5. The molecular weight excluding hydrogens is 298 g/mol. The van der Waals surface area contributed by atoms with Crippen molar-refractivity contribution < 1.29 is 9.53 Å². The maximum atomic E-state index is 12.3. The zero-order valence-corrected chi connectivity index (χ0v) is 12.3. The fraction of sp³-hybridized carbons (Fsp3) is 0.308. The minimum absolute atomic E-state index is 0.193. The molecule has 2 aromatic rings. The van der Waals surface area contributed by atoms with Gasteiger partial charge in [0.05, 0.1) is 23.9 Å². The van der Waals surface area contributed by atoms with Crippen LogP contribution in [0, 0.1) is 0 Å². The molecule has 1 aromatic heterocycles. The number of carbonyl (C=O) groups is 1. The summed E-state index contributed by atoms with van der Waals surface area (Å²) in [6.07, 6.45) is 0. The van der Waals surface area contributed by atoms with Crippen molar-refractivity contribution in [1.82, 2.24) is 10.4 Å². The van der Waals surface area contributed by atoms with Crippen molar-refractivity contribution in [3.8, 4) is 0 Å². The summed E-state index contributed by atoms with van der Waals surface area (Å²) in [6.45, 7) is 2.59. The molecule has 0 radical (unpaired) electrons.